The summed E-state index contributed by atoms with van der Waals surface area (Å²) in [7, 11) is 5.29. The van der Waals surface area contributed by atoms with Crippen LogP contribution in [-0.2, 0) is 24.0 Å². The summed E-state index contributed by atoms with van der Waals surface area (Å²) >= 11 is 30.7. The number of primary amides is 3. The average Bonchev–Trinajstić information content (AvgIpc) is 1.74. The first-order chi connectivity index (χ1) is 61.6. The van der Waals surface area contributed by atoms with Crippen molar-refractivity contribution in [1.29, 1.82) is 0 Å². The molecular weight excluding hydrogens is 1900 g/mol. The van der Waals surface area contributed by atoms with Crippen molar-refractivity contribution < 1.29 is 75.9 Å². The molecule has 0 atom stereocenters. The zero-order chi connectivity index (χ0) is 97.5. The van der Waals surface area contributed by atoms with Crippen LogP contribution in [0.25, 0.3) is 0 Å². The van der Waals surface area contributed by atoms with Crippen LogP contribution in [0.1, 0.15) is 312 Å². The lowest BCUT2D eigenvalue weighted by Gasteiger charge is -2.13. The zero-order valence-corrected chi connectivity index (χ0v) is 86.5. The molecule has 4 amide bonds. The third kappa shape index (κ3) is 50.5. The minimum Gasteiger partial charge on any atom is -0.370 e. The van der Waals surface area contributed by atoms with Crippen molar-refractivity contribution >= 4 is 218 Å². The maximum Gasteiger partial charge on any atom is 0.220 e. The molecule has 9 aromatic rings. The molecule has 0 bridgehead atoms. The van der Waals surface area contributed by atoms with Gasteiger partial charge in [0.15, 0.2) is 52.0 Å². The van der Waals surface area contributed by atoms with Crippen molar-refractivity contribution in [2.75, 3.05) is 53.9 Å². The van der Waals surface area contributed by atoms with Crippen molar-refractivity contribution in [3.8, 4) is 0 Å². The quantitative estimate of drug-likeness (QED) is 0.0153. The van der Waals surface area contributed by atoms with E-state index >= 15 is 0 Å². The van der Waals surface area contributed by atoms with E-state index in [9.17, 15) is 75.9 Å². The molecule has 0 spiro atoms. The minimum absolute atomic E-state index is 0.00287. The number of thiophene rings is 9. The standard InChI is InChI=1S/C13H18ClNOS.C12H17ClOS.C12H16O2S.C10H14ClNOS.C10H14FNOS.2C10H13NO2S.C9H10FNO2S.C9H11NO2S/c1-10-9-11(14)13(17-10)12(16)5-4-8-15-6-2-3-7-15;1-3-4-5-6-7-11(14)12-10(13)8-9(2)15-12;1-3-10(13)5-4-6-11(14)12-8-7-9(2)15-12;2*1-7-6-8(11)10(14-7)9(13)4-3-5-12-2;1-7-3-5-9(14-7)8(12)4-6-10(13)11-2;1-7-5-6-9(14-7)8(12)3-2-4-10(11)13;1-5-4-6(10)9(14-5)7(12)2-3-8(11)13;1-6-2-4-8(13-6)7(11)3-5-9(10)12/h9H,2-8H2,1H3;8H,3-7H2,1-2H3;7-8H,3-6H2,1-2H3;2*6,12H,3-5H2,1-2H3;3,5H,4,6H2,1-2H3,(H,11,13);5-6H,2-4H2,1H3,(H2,11,13);4H,2-3H2,1H3,(H2,11,13);2,4H,3,5H2,1H3,(H2,10,12). The van der Waals surface area contributed by atoms with Gasteiger partial charge in [-0.2, -0.15) is 0 Å². The topological polar surface area (TPSA) is 356 Å². The molecule has 10 heterocycles. The maximum atomic E-state index is 13.1. The Morgan fingerprint density at radius 2 is 0.631 bits per heavy atom. The third-order valence-electron chi connectivity index (χ3n) is 18.5. The van der Waals surface area contributed by atoms with Gasteiger partial charge in [-0.15, -0.1) is 102 Å². The van der Waals surface area contributed by atoms with Crippen LogP contribution in [-0.4, -0.2) is 140 Å². The molecule has 0 aromatic carbocycles. The molecule has 714 valence electrons. The number of nitrogens with two attached hydrogens (primary N) is 3. The highest BCUT2D eigenvalue weighted by Gasteiger charge is 2.21. The summed E-state index contributed by atoms with van der Waals surface area (Å²) in [6, 6.07) is 23.3. The fourth-order valence-electron chi connectivity index (χ4n) is 11.7. The zero-order valence-electron chi connectivity index (χ0n) is 76.9. The van der Waals surface area contributed by atoms with Crippen molar-refractivity contribution in [3.63, 3.8) is 0 Å². The Morgan fingerprint density at radius 3 is 0.931 bits per heavy atom. The van der Waals surface area contributed by atoms with E-state index < -0.39 is 17.6 Å². The third-order valence-corrected chi connectivity index (χ3v) is 29.3. The number of carbonyl (C=O) groups excluding carboxylic acids is 14. The number of nitrogens with one attached hydrogen (secondary N) is 3. The van der Waals surface area contributed by atoms with E-state index in [1.54, 1.807) is 27.0 Å². The summed E-state index contributed by atoms with van der Waals surface area (Å²) in [6.07, 6.45) is 16.4. The van der Waals surface area contributed by atoms with E-state index in [-0.39, 0.29) is 124 Å². The normalized spacial score (nSPS) is 11.1. The van der Waals surface area contributed by atoms with Crippen LogP contribution in [0, 0.1) is 73.9 Å². The van der Waals surface area contributed by atoms with Gasteiger partial charge in [0.25, 0.3) is 0 Å². The van der Waals surface area contributed by atoms with E-state index in [1.807, 2.05) is 130 Å². The number of carbonyl (C=O) groups is 14. The van der Waals surface area contributed by atoms with Gasteiger partial charge < -0.3 is 38.1 Å². The van der Waals surface area contributed by atoms with E-state index in [0.717, 1.165) is 131 Å². The van der Waals surface area contributed by atoms with Gasteiger partial charge in [-0.25, -0.2) is 8.78 Å². The lowest BCUT2D eigenvalue weighted by atomic mass is 10.1. The second-order valence-corrected chi connectivity index (χ2v) is 42.8. The number of nitrogens with zero attached hydrogens (tertiary/aromatic N) is 1. The SMILES string of the molecule is CCC(=O)CCCC(=O)c1ccc(C)s1.CCCCCCC(=O)c1sc(C)cc1Cl.CNC(=O)CCC(=O)c1ccc(C)s1.CNCCCC(=O)c1sc(C)cc1Cl.CNCCCC(=O)c1sc(C)cc1F.Cc1cc(Cl)c(C(=O)CCCN2CCCC2)s1.Cc1cc(F)c(C(=O)CCC(N)=O)s1.Cc1ccc(C(=O)CCC(N)=O)s1.Cc1ccc(C(=O)CCCC(N)=O)s1. The maximum absolute atomic E-state index is 13.1. The van der Waals surface area contributed by atoms with E-state index in [0.29, 0.717) is 95.5 Å². The molecule has 0 radical (unpaired) electrons. The Labute approximate surface area is 815 Å². The predicted octanol–water partition coefficient (Wildman–Crippen LogP) is 24.1. The van der Waals surface area contributed by atoms with Crippen LogP contribution in [0.15, 0.2) is 78.9 Å². The van der Waals surface area contributed by atoms with Crippen molar-refractivity contribution in [1.82, 2.24) is 20.9 Å². The molecular formula is C95H126Cl3F2N7O14S9. The van der Waals surface area contributed by atoms with Crippen LogP contribution in [0.5, 0.6) is 0 Å². The number of ketones is 10. The smallest absolute Gasteiger partial charge is 0.220 e. The molecule has 0 unspecified atom stereocenters. The van der Waals surface area contributed by atoms with Crippen LogP contribution < -0.4 is 33.2 Å². The van der Waals surface area contributed by atoms with Crippen LogP contribution in [0.3, 0.4) is 0 Å². The molecule has 10 rings (SSSR count). The monoisotopic (exact) mass is 2020 g/mol. The Kier molecular flexibility index (Phi) is 60.9. The summed E-state index contributed by atoms with van der Waals surface area (Å²) in [5.74, 6) is -1.64. The molecule has 130 heavy (non-hydrogen) atoms. The number of hydrogen-bond acceptors (Lipinski definition) is 26. The molecule has 0 saturated carbocycles. The van der Waals surface area contributed by atoms with Crippen LogP contribution in [0.4, 0.5) is 8.78 Å². The number of aryl methyl sites for hydroxylation is 9. The molecule has 9 N–H and O–H groups in total. The van der Waals surface area contributed by atoms with E-state index in [2.05, 4.69) is 27.8 Å². The molecule has 0 aliphatic carbocycles. The number of unbranched alkanes of at least 4 members (excludes halogenated alkanes) is 3. The molecule has 1 fully saturated rings. The molecule has 21 nitrogen and oxygen atoms in total. The Hall–Kier alpha value is -7.51. The van der Waals surface area contributed by atoms with Gasteiger partial charge in [0.05, 0.1) is 49.2 Å². The summed E-state index contributed by atoms with van der Waals surface area (Å²) < 4.78 is 26.2. The largest absolute Gasteiger partial charge is 0.370 e. The van der Waals surface area contributed by atoms with Crippen molar-refractivity contribution in [2.45, 2.75) is 243 Å². The van der Waals surface area contributed by atoms with E-state index in [1.165, 1.54) is 142 Å². The fourth-order valence-corrected chi connectivity index (χ4v) is 20.7. The van der Waals surface area contributed by atoms with Gasteiger partial charge in [0.2, 0.25) is 23.6 Å². The van der Waals surface area contributed by atoms with Crippen LogP contribution >= 0.6 is 137 Å². The van der Waals surface area contributed by atoms with Gasteiger partial charge in [-0.05, 0) is 239 Å². The first-order valence-electron chi connectivity index (χ1n) is 43.0. The highest BCUT2D eigenvalue weighted by atomic mass is 35.5. The molecule has 9 aromatic heterocycles. The Morgan fingerprint density at radius 1 is 0.331 bits per heavy atom. The lowest BCUT2D eigenvalue weighted by molar-refractivity contribution is -0.121. The predicted molar refractivity (Wildman–Crippen MR) is 538 cm³/mol. The Balaban J connectivity index is 0.000000495. The highest BCUT2D eigenvalue weighted by molar-refractivity contribution is 7.17. The van der Waals surface area contributed by atoms with Gasteiger partial charge in [-0.1, -0.05) is 67.9 Å². The number of rotatable bonds is 44. The molecule has 35 heteroatoms. The Bertz CT molecular complexity index is 5010. The number of hydrogen-bond donors (Lipinski definition) is 6. The van der Waals surface area contributed by atoms with Crippen molar-refractivity contribution in [2.24, 2.45) is 17.2 Å². The van der Waals surface area contributed by atoms with Gasteiger partial charge in [0.1, 0.15) is 27.2 Å². The summed E-state index contributed by atoms with van der Waals surface area (Å²) in [4.78, 5) is 175. The van der Waals surface area contributed by atoms with E-state index in [4.69, 9.17) is 52.0 Å². The summed E-state index contributed by atoms with van der Waals surface area (Å²) in [5.41, 5.74) is 14.8. The first-order valence-corrected chi connectivity index (χ1v) is 51.5. The molecule has 1 saturated heterocycles. The van der Waals surface area contributed by atoms with Gasteiger partial charge in [0, 0.05) is 147 Å². The van der Waals surface area contributed by atoms with Gasteiger partial charge >= 0.3 is 0 Å². The number of Topliss-reactive ketones (excluding diaryl/α,β-unsaturated/α-hetero) is 10. The second kappa shape index (κ2) is 66.8. The number of amides is 4. The first kappa shape index (κ1) is 119. The minimum atomic E-state index is -0.549. The fraction of sp³-hybridized carbons (Fsp3) is 0.474. The average molecular weight is 2020 g/mol. The van der Waals surface area contributed by atoms with Gasteiger partial charge in [-0.3, -0.25) is 67.1 Å². The van der Waals surface area contributed by atoms with Crippen LogP contribution in [0.2, 0.25) is 15.1 Å². The number of likely N-dealkylation sites (tertiary alicyclic amines) is 1. The second-order valence-electron chi connectivity index (χ2n) is 30.2. The highest BCUT2D eigenvalue weighted by Crippen LogP contribution is 2.32. The lowest BCUT2D eigenvalue weighted by Crippen LogP contribution is -2.20. The van der Waals surface area contributed by atoms with Crippen molar-refractivity contribution in [3.05, 3.63) is 193 Å². The molecule has 1 aliphatic rings. The molecule has 1 aliphatic heterocycles. The summed E-state index contributed by atoms with van der Waals surface area (Å²) in [5, 5.41) is 10.3. The summed E-state index contributed by atoms with van der Waals surface area (Å²) in [6.45, 7) is 26.4. The number of halogens is 5.